The third-order valence-electron chi connectivity index (χ3n) is 2.32. The van der Waals surface area contributed by atoms with Crippen molar-refractivity contribution in [2.24, 2.45) is 5.73 Å². The molecule has 0 aromatic heterocycles. The number of carbonyl (C=O) groups excluding carboxylic acids is 1. The average molecular weight is 353 g/mol. The monoisotopic (exact) mass is 351 g/mol. The molecule has 8 heteroatoms. The maximum absolute atomic E-state index is 11.8. The molecule has 0 saturated heterocycles. The number of benzene rings is 1. The Balaban J connectivity index is 0.00000324. The first kappa shape index (κ1) is 17.8. The minimum absolute atomic E-state index is 0. The summed E-state index contributed by atoms with van der Waals surface area (Å²) in [7, 11) is 0. The Morgan fingerprint density at radius 2 is 2.11 bits per heavy atom. The molecule has 0 aliphatic heterocycles. The van der Waals surface area contributed by atoms with Crippen LogP contribution in [0.5, 0.6) is 0 Å². The van der Waals surface area contributed by atoms with Gasteiger partial charge in [0.2, 0.25) is 0 Å². The van der Waals surface area contributed by atoms with Crippen molar-refractivity contribution in [2.45, 2.75) is 12.8 Å². The fourth-order valence-corrected chi connectivity index (χ4v) is 1.91. The van der Waals surface area contributed by atoms with E-state index in [0.29, 0.717) is 23.1 Å². The number of hydrogen-bond donors (Lipinski definition) is 2. The van der Waals surface area contributed by atoms with E-state index in [1.54, 1.807) is 0 Å². The molecule has 0 saturated carbocycles. The zero-order valence-corrected chi connectivity index (χ0v) is 12.5. The molecule has 0 aliphatic carbocycles. The summed E-state index contributed by atoms with van der Waals surface area (Å²) < 4.78 is 0.410. The third-order valence-corrected chi connectivity index (χ3v) is 2.98. The summed E-state index contributed by atoms with van der Waals surface area (Å²) >= 11 is 3.15. The molecule has 6 nitrogen and oxygen atoms in total. The van der Waals surface area contributed by atoms with Crippen molar-refractivity contribution >= 4 is 39.9 Å². The number of hydrogen-bond acceptors (Lipinski definition) is 4. The van der Waals surface area contributed by atoms with Crippen molar-refractivity contribution in [2.75, 3.05) is 13.1 Å². The normalized spacial score (nSPS) is 9.58. The summed E-state index contributed by atoms with van der Waals surface area (Å²) in [4.78, 5) is 21.8. The van der Waals surface area contributed by atoms with Gasteiger partial charge >= 0.3 is 0 Å². The van der Waals surface area contributed by atoms with Crippen LogP contribution in [0.15, 0.2) is 22.7 Å². The van der Waals surface area contributed by atoms with Crippen LogP contribution in [0.1, 0.15) is 23.2 Å². The third kappa shape index (κ3) is 5.54. The van der Waals surface area contributed by atoms with Gasteiger partial charge in [-0.1, -0.05) is 0 Å². The number of nitro groups is 1. The van der Waals surface area contributed by atoms with Gasteiger partial charge in [0.05, 0.1) is 10.5 Å². The van der Waals surface area contributed by atoms with E-state index >= 15 is 0 Å². The Bertz CT molecular complexity index is 457. The number of halogens is 2. The first-order chi connectivity index (χ1) is 8.56. The SMILES string of the molecule is Cl.NCCCCNC(=O)c1ccc([N+](=O)[O-])cc1Br. The van der Waals surface area contributed by atoms with Gasteiger partial charge in [0.25, 0.3) is 11.6 Å². The summed E-state index contributed by atoms with van der Waals surface area (Å²) in [6, 6.07) is 4.05. The lowest BCUT2D eigenvalue weighted by Gasteiger charge is -2.06. The Morgan fingerprint density at radius 3 is 2.63 bits per heavy atom. The zero-order chi connectivity index (χ0) is 13.5. The van der Waals surface area contributed by atoms with Crippen LogP contribution in [0, 0.1) is 10.1 Å². The lowest BCUT2D eigenvalue weighted by atomic mass is 10.2. The summed E-state index contributed by atoms with van der Waals surface area (Å²) in [6.45, 7) is 1.14. The van der Waals surface area contributed by atoms with Crippen molar-refractivity contribution in [3.8, 4) is 0 Å². The van der Waals surface area contributed by atoms with Gasteiger partial charge in [-0.3, -0.25) is 14.9 Å². The van der Waals surface area contributed by atoms with Gasteiger partial charge in [-0.05, 0) is 41.4 Å². The van der Waals surface area contributed by atoms with E-state index in [1.165, 1.54) is 18.2 Å². The largest absolute Gasteiger partial charge is 0.352 e. The van der Waals surface area contributed by atoms with Crippen LogP contribution in [0.3, 0.4) is 0 Å². The maximum Gasteiger partial charge on any atom is 0.270 e. The molecule has 1 rings (SSSR count). The van der Waals surface area contributed by atoms with Crippen molar-refractivity contribution in [1.82, 2.24) is 5.32 Å². The molecule has 0 aliphatic rings. The number of nitro benzene ring substituents is 1. The van der Waals surface area contributed by atoms with Crippen LogP contribution in [-0.2, 0) is 0 Å². The van der Waals surface area contributed by atoms with E-state index in [-0.39, 0.29) is 24.0 Å². The van der Waals surface area contributed by atoms with Gasteiger partial charge in [-0.2, -0.15) is 0 Å². The van der Waals surface area contributed by atoms with Crippen molar-refractivity contribution in [3.63, 3.8) is 0 Å². The van der Waals surface area contributed by atoms with Crippen molar-refractivity contribution in [3.05, 3.63) is 38.3 Å². The van der Waals surface area contributed by atoms with Crippen molar-refractivity contribution in [1.29, 1.82) is 0 Å². The van der Waals surface area contributed by atoms with E-state index in [1.807, 2.05) is 0 Å². The van der Waals surface area contributed by atoms with Crippen LogP contribution in [0.2, 0.25) is 0 Å². The van der Waals surface area contributed by atoms with Gasteiger partial charge in [-0.25, -0.2) is 0 Å². The average Bonchev–Trinajstić information content (AvgIpc) is 2.34. The van der Waals surface area contributed by atoms with E-state index in [0.717, 1.165) is 12.8 Å². The van der Waals surface area contributed by atoms with Crippen LogP contribution < -0.4 is 11.1 Å². The molecule has 3 N–H and O–H groups in total. The lowest BCUT2D eigenvalue weighted by molar-refractivity contribution is -0.384. The van der Waals surface area contributed by atoms with Gasteiger partial charge in [-0.15, -0.1) is 12.4 Å². The fourth-order valence-electron chi connectivity index (χ4n) is 1.37. The number of nitrogens with two attached hydrogens (primary N) is 1. The maximum atomic E-state index is 11.8. The molecule has 1 amide bonds. The Kier molecular flexibility index (Phi) is 8.29. The number of amides is 1. The molecule has 1 aromatic carbocycles. The van der Waals surface area contributed by atoms with Crippen molar-refractivity contribution < 1.29 is 9.72 Å². The summed E-state index contributed by atoms with van der Waals surface area (Å²) in [5, 5.41) is 13.3. The molecule has 1 aromatic rings. The van der Waals surface area contributed by atoms with E-state index < -0.39 is 4.92 Å². The fraction of sp³-hybridized carbons (Fsp3) is 0.364. The molecule has 0 unspecified atom stereocenters. The number of non-ortho nitro benzene ring substituents is 1. The second-order valence-corrected chi connectivity index (χ2v) is 4.53. The quantitative estimate of drug-likeness (QED) is 0.466. The highest BCUT2D eigenvalue weighted by Crippen LogP contribution is 2.22. The van der Waals surface area contributed by atoms with Gasteiger partial charge in [0.15, 0.2) is 0 Å². The number of unbranched alkanes of at least 4 members (excludes halogenated alkanes) is 1. The van der Waals surface area contributed by atoms with Crippen LogP contribution >= 0.6 is 28.3 Å². The highest BCUT2D eigenvalue weighted by molar-refractivity contribution is 9.10. The Morgan fingerprint density at radius 1 is 1.42 bits per heavy atom. The number of carbonyl (C=O) groups is 1. The second kappa shape index (κ2) is 8.84. The molecule has 0 heterocycles. The Labute approximate surface area is 125 Å². The van der Waals surface area contributed by atoms with Gasteiger partial charge in [0, 0.05) is 23.2 Å². The Hall–Kier alpha value is -1.18. The summed E-state index contributed by atoms with van der Waals surface area (Å²) in [6.07, 6.45) is 1.66. The van der Waals surface area contributed by atoms with Crippen LogP contribution in [0.4, 0.5) is 5.69 Å². The van der Waals surface area contributed by atoms with E-state index in [2.05, 4.69) is 21.2 Å². The molecule has 0 bridgehead atoms. The van der Waals surface area contributed by atoms with E-state index in [4.69, 9.17) is 5.73 Å². The van der Waals surface area contributed by atoms with Crippen LogP contribution in [-0.4, -0.2) is 23.9 Å². The highest BCUT2D eigenvalue weighted by atomic mass is 79.9. The standard InChI is InChI=1S/C11H14BrN3O3.ClH/c12-10-7-8(15(17)18)3-4-9(10)11(16)14-6-2-1-5-13;/h3-4,7H,1-2,5-6,13H2,(H,14,16);1H. The molecular formula is C11H15BrClN3O3. The minimum atomic E-state index is -0.506. The molecular weight excluding hydrogens is 337 g/mol. The molecule has 19 heavy (non-hydrogen) atoms. The number of rotatable bonds is 6. The zero-order valence-electron chi connectivity index (χ0n) is 10.1. The van der Waals surface area contributed by atoms with Gasteiger partial charge in [0.1, 0.15) is 0 Å². The lowest BCUT2D eigenvalue weighted by Crippen LogP contribution is -2.25. The van der Waals surface area contributed by atoms with Crippen LogP contribution in [0.25, 0.3) is 0 Å². The molecule has 0 spiro atoms. The molecule has 0 fully saturated rings. The van der Waals surface area contributed by atoms with E-state index in [9.17, 15) is 14.9 Å². The summed E-state index contributed by atoms with van der Waals surface area (Å²) in [5.41, 5.74) is 5.67. The molecule has 0 radical (unpaired) electrons. The van der Waals surface area contributed by atoms with Gasteiger partial charge < -0.3 is 11.1 Å². The molecule has 0 atom stereocenters. The first-order valence-corrected chi connectivity index (χ1v) is 6.27. The summed E-state index contributed by atoms with van der Waals surface area (Å²) in [5.74, 6) is -0.256. The number of nitrogens with one attached hydrogen (secondary N) is 1. The second-order valence-electron chi connectivity index (χ2n) is 3.67. The smallest absolute Gasteiger partial charge is 0.270 e. The topological polar surface area (TPSA) is 98.3 Å². The highest BCUT2D eigenvalue weighted by Gasteiger charge is 2.13. The number of nitrogens with zero attached hydrogens (tertiary/aromatic N) is 1. The minimum Gasteiger partial charge on any atom is -0.352 e. The predicted octanol–water partition coefficient (Wildman–Crippen LogP) is 2.25. The first-order valence-electron chi connectivity index (χ1n) is 5.48. The predicted molar refractivity (Wildman–Crippen MR) is 78.7 cm³/mol. The molecule has 106 valence electrons.